The molecule has 18 heavy (non-hydrogen) atoms. The highest BCUT2D eigenvalue weighted by Gasteiger charge is 2.32. The summed E-state index contributed by atoms with van der Waals surface area (Å²) in [7, 11) is -1.99. The van der Waals surface area contributed by atoms with E-state index >= 15 is 0 Å². The highest BCUT2D eigenvalue weighted by molar-refractivity contribution is 7.89. The van der Waals surface area contributed by atoms with Crippen LogP contribution >= 0.6 is 24.0 Å². The number of sulfonamides is 1. The van der Waals surface area contributed by atoms with Gasteiger partial charge in [-0.05, 0) is 12.8 Å². The van der Waals surface area contributed by atoms with Crippen molar-refractivity contribution in [2.45, 2.75) is 23.9 Å². The second-order valence-electron chi connectivity index (χ2n) is 4.16. The van der Waals surface area contributed by atoms with Gasteiger partial charge in [0.25, 0.3) is 10.0 Å². The van der Waals surface area contributed by atoms with Crippen LogP contribution in [0.1, 0.15) is 12.8 Å². The lowest BCUT2D eigenvalue weighted by Gasteiger charge is -2.29. The van der Waals surface area contributed by atoms with Crippen molar-refractivity contribution < 1.29 is 8.42 Å². The molecule has 1 fully saturated rings. The van der Waals surface area contributed by atoms with Crippen molar-refractivity contribution in [2.24, 2.45) is 12.8 Å². The number of rotatable bonds is 2. The quantitative estimate of drug-likeness (QED) is 0.867. The molecular formula is C9H16Cl2N4O2S. The Bertz CT molecular complexity index is 489. The van der Waals surface area contributed by atoms with E-state index in [4.69, 9.17) is 17.3 Å². The lowest BCUT2D eigenvalue weighted by Crippen LogP contribution is -2.43. The van der Waals surface area contributed by atoms with Crippen molar-refractivity contribution in [1.29, 1.82) is 0 Å². The molecule has 1 aliphatic heterocycles. The molecule has 0 aliphatic carbocycles. The molecule has 1 aromatic rings. The minimum Gasteiger partial charge on any atom is -0.328 e. The lowest BCUT2D eigenvalue weighted by molar-refractivity contribution is 0.318. The average Bonchev–Trinajstić information content (AvgIpc) is 2.59. The molecule has 0 amide bonds. The maximum atomic E-state index is 12.3. The summed E-state index contributed by atoms with van der Waals surface area (Å²) in [6, 6.07) is 0.0865. The fourth-order valence-electron chi connectivity index (χ4n) is 1.93. The van der Waals surface area contributed by atoms with E-state index in [9.17, 15) is 8.42 Å². The van der Waals surface area contributed by atoms with Crippen molar-refractivity contribution in [1.82, 2.24) is 14.1 Å². The first-order chi connectivity index (χ1) is 7.93. The van der Waals surface area contributed by atoms with E-state index in [0.29, 0.717) is 25.9 Å². The Balaban J connectivity index is 0.00000162. The van der Waals surface area contributed by atoms with Gasteiger partial charge in [0.15, 0.2) is 5.03 Å². The van der Waals surface area contributed by atoms with Crippen LogP contribution in [-0.4, -0.2) is 41.6 Å². The molecule has 0 atom stereocenters. The molecule has 2 rings (SSSR count). The third kappa shape index (κ3) is 2.80. The zero-order chi connectivity index (χ0) is 12.6. The van der Waals surface area contributed by atoms with Gasteiger partial charge in [0.2, 0.25) is 0 Å². The van der Waals surface area contributed by atoms with Crippen LogP contribution in [0.25, 0.3) is 0 Å². The summed E-state index contributed by atoms with van der Waals surface area (Å²) in [6.07, 6.45) is 2.69. The number of piperidine rings is 1. The number of aromatic nitrogens is 2. The molecule has 104 valence electrons. The molecule has 6 nitrogen and oxygen atoms in total. The van der Waals surface area contributed by atoms with Gasteiger partial charge in [0.05, 0.1) is 11.2 Å². The smallest absolute Gasteiger partial charge is 0.261 e. The zero-order valence-corrected chi connectivity index (χ0v) is 12.3. The SMILES string of the molecule is Cl.Cn1ncc(Cl)c1S(=O)(=O)N1CCC(N)CC1. The van der Waals surface area contributed by atoms with Crippen molar-refractivity contribution in [3.05, 3.63) is 11.2 Å². The molecule has 2 heterocycles. The summed E-state index contributed by atoms with van der Waals surface area (Å²) in [4.78, 5) is 0. The van der Waals surface area contributed by atoms with Gasteiger partial charge in [0.1, 0.15) is 0 Å². The molecule has 0 saturated carbocycles. The topological polar surface area (TPSA) is 81.2 Å². The van der Waals surface area contributed by atoms with Gasteiger partial charge >= 0.3 is 0 Å². The lowest BCUT2D eigenvalue weighted by atomic mass is 10.1. The third-order valence-corrected chi connectivity index (χ3v) is 5.33. The van der Waals surface area contributed by atoms with Crippen molar-refractivity contribution >= 4 is 34.0 Å². The minimum absolute atomic E-state index is 0. The van der Waals surface area contributed by atoms with E-state index in [1.165, 1.54) is 15.2 Å². The second kappa shape index (κ2) is 5.75. The number of aryl methyl sites for hydroxylation is 1. The van der Waals surface area contributed by atoms with Crippen molar-refractivity contribution in [2.75, 3.05) is 13.1 Å². The van der Waals surface area contributed by atoms with Gasteiger partial charge in [0, 0.05) is 26.2 Å². The van der Waals surface area contributed by atoms with Crippen LogP contribution in [0.3, 0.4) is 0 Å². The molecule has 2 N–H and O–H groups in total. The van der Waals surface area contributed by atoms with E-state index in [1.807, 2.05) is 0 Å². The standard InChI is InChI=1S/C9H15ClN4O2S.ClH/c1-13-9(8(10)6-12-13)17(15,16)14-4-2-7(11)3-5-14;/h6-7H,2-5,11H2,1H3;1H. The maximum absolute atomic E-state index is 12.3. The van der Waals surface area contributed by atoms with E-state index in [1.54, 1.807) is 7.05 Å². The van der Waals surface area contributed by atoms with Gasteiger partial charge in [-0.25, -0.2) is 8.42 Å². The van der Waals surface area contributed by atoms with Crippen LogP contribution < -0.4 is 5.73 Å². The third-order valence-electron chi connectivity index (χ3n) is 2.93. The van der Waals surface area contributed by atoms with E-state index < -0.39 is 10.0 Å². The largest absolute Gasteiger partial charge is 0.328 e. The molecule has 1 aromatic heterocycles. The number of hydrogen-bond acceptors (Lipinski definition) is 4. The van der Waals surface area contributed by atoms with E-state index in [-0.39, 0.29) is 28.5 Å². The Morgan fingerprint density at radius 1 is 1.44 bits per heavy atom. The highest BCUT2D eigenvalue weighted by atomic mass is 35.5. The fraction of sp³-hybridized carbons (Fsp3) is 0.667. The van der Waals surface area contributed by atoms with Gasteiger partial charge < -0.3 is 5.73 Å². The van der Waals surface area contributed by atoms with Gasteiger partial charge in [-0.1, -0.05) is 11.6 Å². The zero-order valence-electron chi connectivity index (χ0n) is 9.91. The highest BCUT2D eigenvalue weighted by Crippen LogP contribution is 2.25. The van der Waals surface area contributed by atoms with Gasteiger partial charge in [-0.15, -0.1) is 12.4 Å². The number of nitrogens with zero attached hydrogens (tertiary/aromatic N) is 3. The number of halogens is 2. The second-order valence-corrected chi connectivity index (χ2v) is 6.42. The van der Waals surface area contributed by atoms with Crippen LogP contribution in [0.5, 0.6) is 0 Å². The Labute approximate surface area is 118 Å². The maximum Gasteiger partial charge on any atom is 0.261 e. The molecule has 0 radical (unpaired) electrons. The Kier molecular flexibility index (Phi) is 5.02. The van der Waals surface area contributed by atoms with Crippen LogP contribution in [0.4, 0.5) is 0 Å². The molecule has 1 saturated heterocycles. The molecule has 0 spiro atoms. The first kappa shape index (κ1) is 15.7. The van der Waals surface area contributed by atoms with Crippen LogP contribution in [-0.2, 0) is 17.1 Å². The summed E-state index contributed by atoms with van der Waals surface area (Å²) in [5, 5.41) is 4.05. The summed E-state index contributed by atoms with van der Waals surface area (Å²) in [6.45, 7) is 0.871. The Morgan fingerprint density at radius 2 is 2.00 bits per heavy atom. The van der Waals surface area contributed by atoms with Crippen LogP contribution in [0, 0.1) is 0 Å². The van der Waals surface area contributed by atoms with Gasteiger partial charge in [-0.3, -0.25) is 4.68 Å². The predicted molar refractivity (Wildman–Crippen MR) is 71.4 cm³/mol. The average molecular weight is 315 g/mol. The van der Waals surface area contributed by atoms with E-state index in [2.05, 4.69) is 5.10 Å². The normalized spacial score (nSPS) is 18.6. The summed E-state index contributed by atoms with van der Waals surface area (Å²) >= 11 is 5.86. The Morgan fingerprint density at radius 3 is 2.44 bits per heavy atom. The molecule has 0 bridgehead atoms. The summed E-state index contributed by atoms with van der Waals surface area (Å²) in [5.74, 6) is 0. The summed E-state index contributed by atoms with van der Waals surface area (Å²) < 4.78 is 27.4. The van der Waals surface area contributed by atoms with Crippen molar-refractivity contribution in [3.63, 3.8) is 0 Å². The van der Waals surface area contributed by atoms with Crippen LogP contribution in [0.15, 0.2) is 11.2 Å². The monoisotopic (exact) mass is 314 g/mol. The molecule has 0 unspecified atom stereocenters. The first-order valence-electron chi connectivity index (χ1n) is 5.36. The van der Waals surface area contributed by atoms with Gasteiger partial charge in [-0.2, -0.15) is 9.40 Å². The predicted octanol–water partition coefficient (Wildman–Crippen LogP) is 0.607. The van der Waals surface area contributed by atoms with E-state index in [0.717, 1.165) is 0 Å². The summed E-state index contributed by atoms with van der Waals surface area (Å²) in [5.41, 5.74) is 5.75. The number of nitrogens with two attached hydrogens (primary N) is 1. The fourth-order valence-corrected chi connectivity index (χ4v) is 4.00. The number of hydrogen-bond donors (Lipinski definition) is 1. The van der Waals surface area contributed by atoms with Crippen LogP contribution in [0.2, 0.25) is 5.02 Å². The molecular weight excluding hydrogens is 299 g/mol. The minimum atomic E-state index is -3.56. The molecule has 1 aliphatic rings. The molecule has 0 aromatic carbocycles. The Hall–Kier alpha value is -0.340. The van der Waals surface area contributed by atoms with Crippen molar-refractivity contribution in [3.8, 4) is 0 Å². The molecule has 9 heteroatoms. The first-order valence-corrected chi connectivity index (χ1v) is 7.18.